The van der Waals surface area contributed by atoms with Crippen LogP contribution in [-0.4, -0.2) is 31.5 Å². The van der Waals surface area contributed by atoms with Crippen molar-refractivity contribution in [3.63, 3.8) is 0 Å². The Hall–Kier alpha value is -1.56. The van der Waals surface area contributed by atoms with E-state index in [1.54, 1.807) is 19.1 Å². The minimum absolute atomic E-state index is 0.0631. The van der Waals surface area contributed by atoms with E-state index in [1.807, 2.05) is 17.0 Å². The second kappa shape index (κ2) is 10.1. The number of hydrogen-bond donors (Lipinski definition) is 0. The van der Waals surface area contributed by atoms with Gasteiger partial charge in [-0.15, -0.1) is 0 Å². The third-order valence-electron chi connectivity index (χ3n) is 5.05. The van der Waals surface area contributed by atoms with Crippen LogP contribution in [0, 0.1) is 11.8 Å². The maximum atomic E-state index is 12.8. The molecule has 0 atom stereocenters. The Labute approximate surface area is 164 Å². The predicted molar refractivity (Wildman–Crippen MR) is 108 cm³/mol. The molecule has 0 saturated heterocycles. The number of nitrogens with zero attached hydrogens (tertiary/aromatic N) is 1. The topological polar surface area (TPSA) is 63.7 Å². The number of rotatable bonds is 10. The lowest BCUT2D eigenvalue weighted by Gasteiger charge is -2.25. The summed E-state index contributed by atoms with van der Waals surface area (Å²) in [5, 5.41) is 0. The predicted octanol–water partition coefficient (Wildman–Crippen LogP) is 4.37. The van der Waals surface area contributed by atoms with Crippen molar-refractivity contribution in [1.29, 1.82) is 0 Å². The van der Waals surface area contributed by atoms with E-state index in [1.165, 1.54) is 25.7 Å². The van der Waals surface area contributed by atoms with Gasteiger partial charge >= 0.3 is 10.1 Å². The van der Waals surface area contributed by atoms with Crippen molar-refractivity contribution in [2.45, 2.75) is 65.8 Å². The van der Waals surface area contributed by atoms with Gasteiger partial charge in [0.2, 0.25) is 5.91 Å². The molecule has 27 heavy (non-hydrogen) atoms. The van der Waals surface area contributed by atoms with E-state index in [9.17, 15) is 13.2 Å². The van der Waals surface area contributed by atoms with Crippen molar-refractivity contribution in [2.24, 2.45) is 11.8 Å². The van der Waals surface area contributed by atoms with Gasteiger partial charge in [-0.2, -0.15) is 8.42 Å². The second-order valence-electron chi connectivity index (χ2n) is 7.93. The normalized spacial score (nSPS) is 15.3. The van der Waals surface area contributed by atoms with Gasteiger partial charge in [-0.1, -0.05) is 51.7 Å². The molecule has 0 aromatic heterocycles. The van der Waals surface area contributed by atoms with Crippen LogP contribution in [0.3, 0.4) is 0 Å². The van der Waals surface area contributed by atoms with Crippen LogP contribution in [0.25, 0.3) is 0 Å². The molecule has 1 aromatic rings. The number of hydrogen-bond acceptors (Lipinski definition) is 4. The molecule has 1 saturated carbocycles. The third kappa shape index (κ3) is 7.53. The number of carbonyl (C=O) groups is 1. The summed E-state index contributed by atoms with van der Waals surface area (Å²) in [6.07, 6.45) is 6.75. The molecule has 152 valence electrons. The van der Waals surface area contributed by atoms with Gasteiger partial charge in [0.05, 0.1) is 5.75 Å². The third-order valence-corrected chi connectivity index (χ3v) is 6.21. The van der Waals surface area contributed by atoms with Gasteiger partial charge in [0, 0.05) is 19.5 Å². The first kappa shape index (κ1) is 21.7. The van der Waals surface area contributed by atoms with Crippen LogP contribution in [0.15, 0.2) is 24.3 Å². The lowest BCUT2D eigenvalue weighted by molar-refractivity contribution is -0.132. The molecular weight excluding hydrogens is 362 g/mol. The van der Waals surface area contributed by atoms with Crippen molar-refractivity contribution in [1.82, 2.24) is 4.90 Å². The summed E-state index contributed by atoms with van der Waals surface area (Å²) in [7, 11) is -3.52. The zero-order valence-corrected chi connectivity index (χ0v) is 17.6. The van der Waals surface area contributed by atoms with E-state index in [0.717, 1.165) is 18.5 Å². The molecule has 6 heteroatoms. The number of amides is 1. The van der Waals surface area contributed by atoms with Gasteiger partial charge in [-0.05, 0) is 42.9 Å². The lowest BCUT2D eigenvalue weighted by Crippen LogP contribution is -2.33. The Morgan fingerprint density at radius 1 is 1.19 bits per heavy atom. The number of carbonyl (C=O) groups excluding carboxylic acids is 1. The van der Waals surface area contributed by atoms with Crippen molar-refractivity contribution in [2.75, 3.05) is 12.3 Å². The molecule has 0 aliphatic heterocycles. The summed E-state index contributed by atoms with van der Waals surface area (Å²) < 4.78 is 28.1. The molecule has 1 aliphatic rings. The largest absolute Gasteiger partial charge is 0.382 e. The van der Waals surface area contributed by atoms with Gasteiger partial charge in [0.1, 0.15) is 5.75 Å². The molecule has 1 amide bonds. The van der Waals surface area contributed by atoms with Gasteiger partial charge in [-0.3, -0.25) is 4.79 Å². The highest BCUT2D eigenvalue weighted by Crippen LogP contribution is 2.29. The van der Waals surface area contributed by atoms with Crippen LogP contribution >= 0.6 is 0 Å². The van der Waals surface area contributed by atoms with Gasteiger partial charge in [-0.25, -0.2) is 0 Å². The van der Waals surface area contributed by atoms with E-state index < -0.39 is 10.1 Å². The highest BCUT2D eigenvalue weighted by atomic mass is 32.2. The van der Waals surface area contributed by atoms with Crippen LogP contribution in [0.1, 0.15) is 64.9 Å². The molecule has 2 rings (SSSR count). The molecular formula is C21H33NO4S. The standard InChI is InChI=1S/C21H33NO4S/c1-4-27(24,25)26-20-12-9-19(10-13-20)16-22(15-17(2)3)21(23)14-11-18-7-5-6-8-18/h9-10,12-13,17-18H,4-8,11,14-16H2,1-3H3. The summed E-state index contributed by atoms with van der Waals surface area (Å²) in [5.74, 6) is 1.57. The first-order chi connectivity index (χ1) is 12.8. The van der Waals surface area contributed by atoms with Crippen molar-refractivity contribution in [3.8, 4) is 5.75 Å². The highest BCUT2D eigenvalue weighted by molar-refractivity contribution is 7.87. The monoisotopic (exact) mass is 395 g/mol. The summed E-state index contributed by atoms with van der Waals surface area (Å²) in [6.45, 7) is 7.05. The fraction of sp³-hybridized carbons (Fsp3) is 0.667. The minimum atomic E-state index is -3.52. The van der Waals surface area contributed by atoms with Crippen molar-refractivity contribution >= 4 is 16.0 Å². The Bertz CT molecular complexity index is 691. The van der Waals surface area contributed by atoms with E-state index in [4.69, 9.17) is 4.18 Å². The van der Waals surface area contributed by atoms with Gasteiger partial charge in [0.15, 0.2) is 0 Å². The molecule has 0 spiro atoms. The average molecular weight is 396 g/mol. The van der Waals surface area contributed by atoms with E-state index in [0.29, 0.717) is 30.6 Å². The highest BCUT2D eigenvalue weighted by Gasteiger charge is 2.20. The summed E-state index contributed by atoms with van der Waals surface area (Å²) in [5.41, 5.74) is 0.978. The Kier molecular flexibility index (Phi) is 8.14. The Morgan fingerprint density at radius 3 is 2.37 bits per heavy atom. The molecule has 1 fully saturated rings. The fourth-order valence-corrected chi connectivity index (χ4v) is 4.08. The molecule has 0 heterocycles. The van der Waals surface area contributed by atoms with Gasteiger partial charge < -0.3 is 9.08 Å². The van der Waals surface area contributed by atoms with Crippen LogP contribution in [0.2, 0.25) is 0 Å². The molecule has 1 aliphatic carbocycles. The zero-order chi connectivity index (χ0) is 19.9. The number of benzene rings is 1. The zero-order valence-electron chi connectivity index (χ0n) is 16.8. The molecule has 0 N–H and O–H groups in total. The van der Waals surface area contributed by atoms with E-state index in [2.05, 4.69) is 13.8 Å². The van der Waals surface area contributed by atoms with Crippen LogP contribution < -0.4 is 4.18 Å². The lowest BCUT2D eigenvalue weighted by atomic mass is 10.0. The Balaban J connectivity index is 1.96. The summed E-state index contributed by atoms with van der Waals surface area (Å²) in [4.78, 5) is 14.7. The summed E-state index contributed by atoms with van der Waals surface area (Å²) in [6, 6.07) is 6.97. The first-order valence-corrected chi connectivity index (χ1v) is 11.7. The van der Waals surface area contributed by atoms with Crippen LogP contribution in [0.4, 0.5) is 0 Å². The molecule has 1 aromatic carbocycles. The summed E-state index contributed by atoms with van der Waals surface area (Å²) >= 11 is 0. The van der Waals surface area contributed by atoms with Crippen molar-refractivity contribution < 1.29 is 17.4 Å². The SMILES string of the molecule is CCS(=O)(=O)Oc1ccc(CN(CC(C)C)C(=O)CCC2CCCC2)cc1. The van der Waals surface area contributed by atoms with E-state index in [-0.39, 0.29) is 11.7 Å². The quantitative estimate of drug-likeness (QED) is 0.552. The molecule has 0 bridgehead atoms. The molecule has 0 unspecified atom stereocenters. The smallest absolute Gasteiger partial charge is 0.308 e. The maximum absolute atomic E-state index is 12.8. The second-order valence-corrected chi connectivity index (χ2v) is 9.79. The minimum Gasteiger partial charge on any atom is -0.382 e. The average Bonchev–Trinajstić information content (AvgIpc) is 3.13. The molecule has 5 nitrogen and oxygen atoms in total. The van der Waals surface area contributed by atoms with Crippen LogP contribution in [0.5, 0.6) is 5.75 Å². The van der Waals surface area contributed by atoms with Crippen LogP contribution in [-0.2, 0) is 21.5 Å². The van der Waals surface area contributed by atoms with Gasteiger partial charge in [0.25, 0.3) is 0 Å². The van der Waals surface area contributed by atoms with E-state index >= 15 is 0 Å². The molecule has 0 radical (unpaired) electrons. The fourth-order valence-electron chi connectivity index (χ4n) is 3.56. The first-order valence-electron chi connectivity index (χ1n) is 10.1. The van der Waals surface area contributed by atoms with Crippen molar-refractivity contribution in [3.05, 3.63) is 29.8 Å². The Morgan fingerprint density at radius 2 is 1.81 bits per heavy atom. The maximum Gasteiger partial charge on any atom is 0.308 e.